The van der Waals surface area contributed by atoms with E-state index in [0.29, 0.717) is 12.5 Å². The maximum atomic E-state index is 11.5. The molecule has 0 bridgehead atoms. The Morgan fingerprint density at radius 2 is 2.07 bits per heavy atom. The highest BCUT2D eigenvalue weighted by molar-refractivity contribution is 5.76. The summed E-state index contributed by atoms with van der Waals surface area (Å²) < 4.78 is 0. The number of carbonyl (C=O) groups excluding carboxylic acids is 1. The number of nitrogens with one attached hydrogen (secondary N) is 2. The Hall–Kier alpha value is -0.570. The van der Waals surface area contributed by atoms with E-state index in [0.717, 1.165) is 19.0 Å². The molecule has 0 aromatic rings. The molecule has 3 heteroatoms. The Labute approximate surface area is 93.0 Å². The van der Waals surface area contributed by atoms with E-state index in [1.807, 2.05) is 0 Å². The molecule has 2 N–H and O–H groups in total. The van der Waals surface area contributed by atoms with Gasteiger partial charge in [0, 0.05) is 19.0 Å². The molecule has 88 valence electrons. The zero-order chi connectivity index (χ0) is 11.1. The van der Waals surface area contributed by atoms with Crippen molar-refractivity contribution < 1.29 is 4.79 Å². The number of amides is 1. The summed E-state index contributed by atoms with van der Waals surface area (Å²) in [5.74, 6) is 0.929. The summed E-state index contributed by atoms with van der Waals surface area (Å²) in [5, 5.41) is 6.28. The van der Waals surface area contributed by atoms with Crippen LogP contribution in [0.4, 0.5) is 0 Å². The molecule has 3 nitrogen and oxygen atoms in total. The fraction of sp³-hybridized carbons (Fsp3) is 0.917. The van der Waals surface area contributed by atoms with Gasteiger partial charge in [-0.25, -0.2) is 0 Å². The van der Waals surface area contributed by atoms with Crippen molar-refractivity contribution in [2.24, 2.45) is 5.92 Å². The second kappa shape index (κ2) is 6.83. The van der Waals surface area contributed by atoms with Gasteiger partial charge in [0.05, 0.1) is 0 Å². The highest BCUT2D eigenvalue weighted by Gasteiger charge is 2.16. The van der Waals surface area contributed by atoms with Crippen molar-refractivity contribution in [3.05, 3.63) is 0 Å². The smallest absolute Gasteiger partial charge is 0.221 e. The lowest BCUT2D eigenvalue weighted by Crippen LogP contribution is -2.35. The van der Waals surface area contributed by atoms with Crippen molar-refractivity contribution in [3.8, 4) is 0 Å². The first-order valence-electron chi connectivity index (χ1n) is 6.22. The first kappa shape index (κ1) is 12.5. The van der Waals surface area contributed by atoms with Crippen LogP contribution in [0.15, 0.2) is 0 Å². The van der Waals surface area contributed by atoms with Crippen molar-refractivity contribution in [2.45, 2.75) is 52.0 Å². The summed E-state index contributed by atoms with van der Waals surface area (Å²) >= 11 is 0. The Bertz CT molecular complexity index is 188. The molecular weight excluding hydrogens is 188 g/mol. The van der Waals surface area contributed by atoms with Crippen LogP contribution in [0.2, 0.25) is 0 Å². The van der Waals surface area contributed by atoms with Gasteiger partial charge >= 0.3 is 0 Å². The van der Waals surface area contributed by atoms with Gasteiger partial charge in [0.15, 0.2) is 0 Å². The molecule has 1 amide bonds. The van der Waals surface area contributed by atoms with Gasteiger partial charge in [0.2, 0.25) is 5.91 Å². The third-order valence-electron chi connectivity index (χ3n) is 3.11. The van der Waals surface area contributed by atoms with Crippen molar-refractivity contribution in [1.29, 1.82) is 0 Å². The molecular formula is C12H24N2O. The van der Waals surface area contributed by atoms with Crippen LogP contribution in [0.25, 0.3) is 0 Å². The summed E-state index contributed by atoms with van der Waals surface area (Å²) in [6, 6.07) is 0.290. The van der Waals surface area contributed by atoms with E-state index in [9.17, 15) is 4.79 Å². The van der Waals surface area contributed by atoms with Crippen molar-refractivity contribution in [1.82, 2.24) is 10.6 Å². The first-order chi connectivity index (χ1) is 7.22. The van der Waals surface area contributed by atoms with Crippen LogP contribution in [0.3, 0.4) is 0 Å². The van der Waals surface area contributed by atoms with Crippen molar-refractivity contribution in [3.63, 3.8) is 0 Å². The summed E-state index contributed by atoms with van der Waals surface area (Å²) in [7, 11) is 0. The fourth-order valence-electron chi connectivity index (χ4n) is 2.24. The van der Waals surface area contributed by atoms with E-state index in [1.165, 1.54) is 25.7 Å². The topological polar surface area (TPSA) is 41.1 Å². The van der Waals surface area contributed by atoms with Crippen LogP contribution in [0.5, 0.6) is 0 Å². The molecule has 1 aliphatic carbocycles. The third kappa shape index (κ3) is 5.17. The van der Waals surface area contributed by atoms with Gasteiger partial charge in [0.25, 0.3) is 0 Å². The predicted molar refractivity (Wildman–Crippen MR) is 62.7 cm³/mol. The maximum absolute atomic E-state index is 11.5. The normalized spacial score (nSPS) is 19.1. The molecule has 1 rings (SSSR count). The Balaban J connectivity index is 2.07. The van der Waals surface area contributed by atoms with Crippen LogP contribution in [0.1, 0.15) is 46.0 Å². The third-order valence-corrected chi connectivity index (χ3v) is 3.11. The average molecular weight is 212 g/mol. The quantitative estimate of drug-likeness (QED) is 0.703. The van der Waals surface area contributed by atoms with E-state index >= 15 is 0 Å². The van der Waals surface area contributed by atoms with Gasteiger partial charge < -0.3 is 10.6 Å². The second-order valence-electron chi connectivity index (χ2n) is 4.62. The predicted octanol–water partition coefficient (Wildman–Crippen LogP) is 1.68. The molecule has 0 saturated heterocycles. The number of carbonyl (C=O) groups is 1. The minimum atomic E-state index is 0.190. The average Bonchev–Trinajstić information content (AvgIpc) is 2.67. The van der Waals surface area contributed by atoms with E-state index in [-0.39, 0.29) is 5.91 Å². The van der Waals surface area contributed by atoms with Crippen LogP contribution in [0, 0.1) is 5.92 Å². The van der Waals surface area contributed by atoms with Gasteiger partial charge in [-0.05, 0) is 32.2 Å². The van der Waals surface area contributed by atoms with E-state index < -0.39 is 0 Å². The maximum Gasteiger partial charge on any atom is 0.221 e. The standard InChI is InChI=1S/C12H24N2O/c1-3-13-10(2)8-12(15)14-9-11-6-4-5-7-11/h10-11,13H,3-9H2,1-2H3,(H,14,15). The molecule has 0 aromatic heterocycles. The van der Waals surface area contributed by atoms with Gasteiger partial charge in [-0.15, -0.1) is 0 Å². The molecule has 1 saturated carbocycles. The van der Waals surface area contributed by atoms with E-state index in [1.54, 1.807) is 0 Å². The lowest BCUT2D eigenvalue weighted by atomic mass is 10.1. The minimum absolute atomic E-state index is 0.190. The molecule has 1 fully saturated rings. The first-order valence-corrected chi connectivity index (χ1v) is 6.22. The second-order valence-corrected chi connectivity index (χ2v) is 4.62. The van der Waals surface area contributed by atoms with Crippen LogP contribution >= 0.6 is 0 Å². The fourth-order valence-corrected chi connectivity index (χ4v) is 2.24. The SMILES string of the molecule is CCNC(C)CC(=O)NCC1CCCC1. The monoisotopic (exact) mass is 212 g/mol. The lowest BCUT2D eigenvalue weighted by molar-refractivity contribution is -0.121. The molecule has 0 heterocycles. The number of hydrogen-bond acceptors (Lipinski definition) is 2. The Kier molecular flexibility index (Phi) is 5.69. The zero-order valence-electron chi connectivity index (χ0n) is 10.0. The molecule has 0 aliphatic heterocycles. The molecule has 1 aliphatic rings. The minimum Gasteiger partial charge on any atom is -0.356 e. The van der Waals surface area contributed by atoms with Gasteiger partial charge in [-0.2, -0.15) is 0 Å². The number of hydrogen-bond donors (Lipinski definition) is 2. The molecule has 0 spiro atoms. The summed E-state index contributed by atoms with van der Waals surface area (Å²) in [5.41, 5.74) is 0. The van der Waals surface area contributed by atoms with Gasteiger partial charge in [-0.3, -0.25) is 4.79 Å². The summed E-state index contributed by atoms with van der Waals surface area (Å²) in [6.45, 7) is 5.93. The Morgan fingerprint density at radius 1 is 1.40 bits per heavy atom. The van der Waals surface area contributed by atoms with Crippen LogP contribution < -0.4 is 10.6 Å². The largest absolute Gasteiger partial charge is 0.356 e. The highest BCUT2D eigenvalue weighted by atomic mass is 16.1. The molecule has 0 aromatic carbocycles. The zero-order valence-corrected chi connectivity index (χ0v) is 10.0. The van der Waals surface area contributed by atoms with E-state index in [2.05, 4.69) is 24.5 Å². The molecule has 1 atom stereocenters. The lowest BCUT2D eigenvalue weighted by Gasteiger charge is -2.14. The van der Waals surface area contributed by atoms with Crippen molar-refractivity contribution in [2.75, 3.05) is 13.1 Å². The van der Waals surface area contributed by atoms with Gasteiger partial charge in [-0.1, -0.05) is 19.8 Å². The van der Waals surface area contributed by atoms with Gasteiger partial charge in [0.1, 0.15) is 0 Å². The molecule has 15 heavy (non-hydrogen) atoms. The summed E-state index contributed by atoms with van der Waals surface area (Å²) in [6.07, 6.45) is 5.87. The van der Waals surface area contributed by atoms with Crippen LogP contribution in [-0.4, -0.2) is 25.0 Å². The summed E-state index contributed by atoms with van der Waals surface area (Å²) in [4.78, 5) is 11.5. The van der Waals surface area contributed by atoms with Crippen molar-refractivity contribution >= 4 is 5.91 Å². The van der Waals surface area contributed by atoms with Crippen LogP contribution in [-0.2, 0) is 4.79 Å². The highest BCUT2D eigenvalue weighted by Crippen LogP contribution is 2.23. The van der Waals surface area contributed by atoms with E-state index in [4.69, 9.17) is 0 Å². The Morgan fingerprint density at radius 3 is 2.67 bits per heavy atom. The molecule has 1 unspecified atom stereocenters. The number of rotatable bonds is 6. The molecule has 0 radical (unpaired) electrons.